The number of carbonyl (C=O) groups excluding carboxylic acids is 2. The van der Waals surface area contributed by atoms with E-state index < -0.39 is 5.91 Å². The lowest BCUT2D eigenvalue weighted by molar-refractivity contribution is 0.100. The SMILES string of the molecule is CCn1nc(C2CC2)cc1C(=O)Nc1ccsc1C(N)=O. The van der Waals surface area contributed by atoms with E-state index in [2.05, 4.69) is 10.4 Å². The number of thiophene rings is 1. The molecule has 2 heterocycles. The lowest BCUT2D eigenvalue weighted by Gasteiger charge is -2.06. The highest BCUT2D eigenvalue weighted by atomic mass is 32.1. The Morgan fingerprint density at radius 1 is 1.52 bits per heavy atom. The topological polar surface area (TPSA) is 90.0 Å². The van der Waals surface area contributed by atoms with Crippen LogP contribution in [0.25, 0.3) is 0 Å². The van der Waals surface area contributed by atoms with Crippen LogP contribution >= 0.6 is 11.3 Å². The van der Waals surface area contributed by atoms with E-state index in [9.17, 15) is 9.59 Å². The van der Waals surface area contributed by atoms with Crippen molar-refractivity contribution in [1.29, 1.82) is 0 Å². The molecule has 1 fully saturated rings. The molecular weight excluding hydrogens is 288 g/mol. The van der Waals surface area contributed by atoms with Crippen molar-refractivity contribution in [3.05, 3.63) is 33.8 Å². The minimum atomic E-state index is -0.539. The van der Waals surface area contributed by atoms with Crippen LogP contribution in [0.3, 0.4) is 0 Å². The first-order valence-corrected chi connectivity index (χ1v) is 7.74. The van der Waals surface area contributed by atoms with E-state index in [1.807, 2.05) is 13.0 Å². The second kappa shape index (κ2) is 5.33. The van der Waals surface area contributed by atoms with Crippen LogP contribution in [0.4, 0.5) is 5.69 Å². The molecule has 0 aliphatic heterocycles. The summed E-state index contributed by atoms with van der Waals surface area (Å²) in [6, 6.07) is 3.52. The maximum Gasteiger partial charge on any atom is 0.273 e. The molecule has 110 valence electrons. The summed E-state index contributed by atoms with van der Waals surface area (Å²) in [7, 11) is 0. The summed E-state index contributed by atoms with van der Waals surface area (Å²) in [5.74, 6) is -0.313. The number of carbonyl (C=O) groups is 2. The highest BCUT2D eigenvalue weighted by Gasteiger charge is 2.28. The number of nitrogens with two attached hydrogens (primary N) is 1. The van der Waals surface area contributed by atoms with Gasteiger partial charge < -0.3 is 11.1 Å². The van der Waals surface area contributed by atoms with Gasteiger partial charge in [-0.1, -0.05) is 0 Å². The van der Waals surface area contributed by atoms with Crippen LogP contribution in [0.2, 0.25) is 0 Å². The molecule has 6 nitrogen and oxygen atoms in total. The van der Waals surface area contributed by atoms with E-state index in [4.69, 9.17) is 5.73 Å². The lowest BCUT2D eigenvalue weighted by Crippen LogP contribution is -2.19. The molecule has 21 heavy (non-hydrogen) atoms. The molecule has 0 radical (unpaired) electrons. The summed E-state index contributed by atoms with van der Waals surface area (Å²) in [5, 5.41) is 8.94. The highest BCUT2D eigenvalue weighted by molar-refractivity contribution is 7.12. The van der Waals surface area contributed by atoms with E-state index in [-0.39, 0.29) is 5.91 Å². The number of anilines is 1. The monoisotopic (exact) mass is 304 g/mol. The van der Waals surface area contributed by atoms with Gasteiger partial charge in [0, 0.05) is 12.5 Å². The number of nitrogens with one attached hydrogen (secondary N) is 1. The Hall–Kier alpha value is -2.15. The Balaban J connectivity index is 1.84. The van der Waals surface area contributed by atoms with Crippen molar-refractivity contribution in [1.82, 2.24) is 9.78 Å². The number of amides is 2. The van der Waals surface area contributed by atoms with Gasteiger partial charge in [0.15, 0.2) is 0 Å². The largest absolute Gasteiger partial charge is 0.365 e. The first-order valence-electron chi connectivity index (χ1n) is 6.86. The molecule has 1 aliphatic carbocycles. The first kappa shape index (κ1) is 13.8. The van der Waals surface area contributed by atoms with Crippen LogP contribution in [0.15, 0.2) is 17.5 Å². The van der Waals surface area contributed by atoms with Gasteiger partial charge in [-0.15, -0.1) is 11.3 Å². The normalized spacial score (nSPS) is 14.1. The third-order valence-corrected chi connectivity index (χ3v) is 4.39. The zero-order valence-electron chi connectivity index (χ0n) is 11.6. The smallest absolute Gasteiger partial charge is 0.273 e. The number of nitrogens with zero attached hydrogens (tertiary/aromatic N) is 2. The van der Waals surface area contributed by atoms with Crippen molar-refractivity contribution in [2.24, 2.45) is 5.73 Å². The summed E-state index contributed by atoms with van der Waals surface area (Å²) in [4.78, 5) is 24.0. The summed E-state index contributed by atoms with van der Waals surface area (Å²) in [6.45, 7) is 2.57. The zero-order chi connectivity index (χ0) is 15.0. The molecular formula is C14H16N4O2S. The fraction of sp³-hybridized carbons (Fsp3) is 0.357. The van der Waals surface area contributed by atoms with E-state index in [1.165, 1.54) is 11.3 Å². The van der Waals surface area contributed by atoms with Crippen LogP contribution in [-0.2, 0) is 6.54 Å². The highest BCUT2D eigenvalue weighted by Crippen LogP contribution is 2.39. The molecule has 3 rings (SSSR count). The average molecular weight is 304 g/mol. The molecule has 2 aromatic heterocycles. The molecule has 2 amide bonds. The maximum absolute atomic E-state index is 12.4. The number of hydrogen-bond donors (Lipinski definition) is 2. The number of aryl methyl sites for hydroxylation is 1. The van der Waals surface area contributed by atoms with Gasteiger partial charge in [-0.05, 0) is 37.3 Å². The van der Waals surface area contributed by atoms with Crippen molar-refractivity contribution in [3.8, 4) is 0 Å². The molecule has 1 aliphatic rings. The summed E-state index contributed by atoms with van der Waals surface area (Å²) in [6.07, 6.45) is 2.27. The molecule has 0 spiro atoms. The Morgan fingerprint density at radius 3 is 2.90 bits per heavy atom. The van der Waals surface area contributed by atoms with E-state index in [0.717, 1.165) is 18.5 Å². The molecule has 0 atom stereocenters. The molecule has 0 saturated heterocycles. The molecule has 3 N–H and O–H groups in total. The molecule has 0 aromatic carbocycles. The van der Waals surface area contributed by atoms with Gasteiger partial charge in [0.1, 0.15) is 10.6 Å². The van der Waals surface area contributed by atoms with Crippen molar-refractivity contribution >= 4 is 28.8 Å². The third kappa shape index (κ3) is 2.69. The Kier molecular flexibility index (Phi) is 3.50. The van der Waals surface area contributed by atoms with Gasteiger partial charge in [0.25, 0.3) is 11.8 Å². The van der Waals surface area contributed by atoms with Gasteiger partial charge in [-0.3, -0.25) is 14.3 Å². The fourth-order valence-corrected chi connectivity index (χ4v) is 2.93. The van der Waals surface area contributed by atoms with Crippen molar-refractivity contribution in [2.75, 3.05) is 5.32 Å². The van der Waals surface area contributed by atoms with Gasteiger partial charge >= 0.3 is 0 Å². The van der Waals surface area contributed by atoms with Crippen molar-refractivity contribution in [2.45, 2.75) is 32.2 Å². The number of hydrogen-bond acceptors (Lipinski definition) is 4. The molecule has 7 heteroatoms. The second-order valence-electron chi connectivity index (χ2n) is 5.03. The fourth-order valence-electron chi connectivity index (χ4n) is 2.22. The van der Waals surface area contributed by atoms with Crippen LogP contribution in [0, 0.1) is 0 Å². The van der Waals surface area contributed by atoms with Crippen LogP contribution < -0.4 is 11.1 Å². The standard InChI is InChI=1S/C14H16N4O2S/c1-2-18-11(7-10(17-18)8-3-4-8)14(20)16-9-5-6-21-12(9)13(15)19/h5-8H,2-4H2,1H3,(H2,15,19)(H,16,20). The van der Waals surface area contributed by atoms with Crippen LogP contribution in [0.5, 0.6) is 0 Å². The third-order valence-electron chi connectivity index (χ3n) is 3.46. The van der Waals surface area contributed by atoms with Gasteiger partial charge in [-0.25, -0.2) is 0 Å². The molecule has 0 bridgehead atoms. The molecule has 1 saturated carbocycles. The summed E-state index contributed by atoms with van der Waals surface area (Å²) in [5.41, 5.74) is 7.23. The summed E-state index contributed by atoms with van der Waals surface area (Å²) < 4.78 is 1.69. The second-order valence-corrected chi connectivity index (χ2v) is 5.94. The minimum Gasteiger partial charge on any atom is -0.365 e. The van der Waals surface area contributed by atoms with E-state index in [0.29, 0.717) is 28.7 Å². The van der Waals surface area contributed by atoms with Crippen LogP contribution in [-0.4, -0.2) is 21.6 Å². The lowest BCUT2D eigenvalue weighted by atomic mass is 10.2. The molecule has 0 unspecified atom stereocenters. The minimum absolute atomic E-state index is 0.267. The van der Waals surface area contributed by atoms with E-state index in [1.54, 1.807) is 16.1 Å². The Labute approximate surface area is 125 Å². The predicted octanol–water partition coefficient (Wildman–Crippen LogP) is 2.19. The van der Waals surface area contributed by atoms with Crippen molar-refractivity contribution in [3.63, 3.8) is 0 Å². The first-order chi connectivity index (χ1) is 10.1. The quantitative estimate of drug-likeness (QED) is 0.887. The maximum atomic E-state index is 12.4. The number of primary amides is 1. The average Bonchev–Trinajstić information content (AvgIpc) is 3.04. The van der Waals surface area contributed by atoms with Gasteiger partial charge in [0.2, 0.25) is 0 Å². The summed E-state index contributed by atoms with van der Waals surface area (Å²) >= 11 is 1.21. The Bertz CT molecular complexity index is 700. The van der Waals surface area contributed by atoms with E-state index >= 15 is 0 Å². The van der Waals surface area contributed by atoms with Gasteiger partial charge in [-0.2, -0.15) is 5.10 Å². The van der Waals surface area contributed by atoms with Crippen molar-refractivity contribution < 1.29 is 9.59 Å². The number of rotatable bonds is 5. The number of aromatic nitrogens is 2. The molecule has 2 aromatic rings. The zero-order valence-corrected chi connectivity index (χ0v) is 12.4. The van der Waals surface area contributed by atoms with Crippen LogP contribution in [0.1, 0.15) is 51.5 Å². The Morgan fingerprint density at radius 2 is 2.29 bits per heavy atom. The van der Waals surface area contributed by atoms with Gasteiger partial charge in [0.05, 0.1) is 11.4 Å². The predicted molar refractivity (Wildman–Crippen MR) is 80.7 cm³/mol.